The standard InChI is InChI=1S/C14H15Cl2FN2O2/c1-14(2,3)12-13(21)19(6-10(20)18-12)7-4-8(15)11(17)9(16)5-7/h4-5,12H,6H2,1-3H3,(H,18,20). The van der Waals surface area contributed by atoms with Crippen molar-refractivity contribution in [2.45, 2.75) is 26.8 Å². The van der Waals surface area contributed by atoms with E-state index in [1.54, 1.807) is 0 Å². The molecular formula is C14H15Cl2FN2O2. The molecule has 1 unspecified atom stereocenters. The molecule has 1 aromatic carbocycles. The maximum Gasteiger partial charge on any atom is 0.250 e. The predicted molar refractivity (Wildman–Crippen MR) is 80.2 cm³/mol. The van der Waals surface area contributed by atoms with E-state index in [-0.39, 0.29) is 28.4 Å². The summed E-state index contributed by atoms with van der Waals surface area (Å²) < 4.78 is 13.5. The average molecular weight is 333 g/mol. The molecular weight excluding hydrogens is 318 g/mol. The fourth-order valence-electron chi connectivity index (χ4n) is 2.15. The van der Waals surface area contributed by atoms with Crippen molar-refractivity contribution >= 4 is 40.7 Å². The second-order valence-corrected chi connectivity index (χ2v) is 6.83. The Kier molecular flexibility index (Phi) is 4.17. The van der Waals surface area contributed by atoms with Crippen molar-refractivity contribution in [2.24, 2.45) is 5.41 Å². The quantitative estimate of drug-likeness (QED) is 0.803. The number of nitrogens with one attached hydrogen (secondary N) is 1. The zero-order valence-electron chi connectivity index (χ0n) is 11.8. The fraction of sp³-hybridized carbons (Fsp3) is 0.429. The van der Waals surface area contributed by atoms with Gasteiger partial charge in [0.2, 0.25) is 5.91 Å². The number of halogens is 3. The fourth-order valence-corrected chi connectivity index (χ4v) is 2.62. The summed E-state index contributed by atoms with van der Waals surface area (Å²) in [6.45, 7) is 5.40. The summed E-state index contributed by atoms with van der Waals surface area (Å²) in [4.78, 5) is 25.7. The van der Waals surface area contributed by atoms with Crippen molar-refractivity contribution in [2.75, 3.05) is 11.4 Å². The molecule has 0 aromatic heterocycles. The summed E-state index contributed by atoms with van der Waals surface area (Å²) in [6, 6.07) is 1.92. The molecule has 0 saturated carbocycles. The number of hydrogen-bond acceptors (Lipinski definition) is 2. The topological polar surface area (TPSA) is 49.4 Å². The van der Waals surface area contributed by atoms with Gasteiger partial charge in [-0.2, -0.15) is 0 Å². The van der Waals surface area contributed by atoms with Crippen LogP contribution in [0.15, 0.2) is 12.1 Å². The van der Waals surface area contributed by atoms with Crippen LogP contribution >= 0.6 is 23.2 Å². The second kappa shape index (κ2) is 5.46. The Labute approximate surface area is 132 Å². The first kappa shape index (κ1) is 16.0. The Balaban J connectivity index is 2.43. The summed E-state index contributed by atoms with van der Waals surface area (Å²) >= 11 is 11.5. The van der Waals surface area contributed by atoms with E-state index in [9.17, 15) is 14.0 Å². The third kappa shape index (κ3) is 3.14. The molecule has 1 fully saturated rings. The predicted octanol–water partition coefficient (Wildman–Crippen LogP) is 3.01. The molecule has 0 radical (unpaired) electrons. The van der Waals surface area contributed by atoms with E-state index in [0.29, 0.717) is 5.69 Å². The average Bonchev–Trinajstić information content (AvgIpc) is 2.36. The number of benzene rings is 1. The van der Waals surface area contributed by atoms with Crippen molar-refractivity contribution in [3.8, 4) is 0 Å². The van der Waals surface area contributed by atoms with Crippen molar-refractivity contribution in [1.82, 2.24) is 5.32 Å². The number of carbonyl (C=O) groups excluding carboxylic acids is 2. The molecule has 1 aromatic rings. The van der Waals surface area contributed by atoms with Crippen LogP contribution in [0.5, 0.6) is 0 Å². The smallest absolute Gasteiger partial charge is 0.250 e. The molecule has 1 aliphatic heterocycles. The molecule has 2 rings (SSSR count). The number of piperazine rings is 1. The van der Waals surface area contributed by atoms with Gasteiger partial charge in [0.1, 0.15) is 12.6 Å². The molecule has 0 bridgehead atoms. The van der Waals surface area contributed by atoms with Gasteiger partial charge in [-0.3, -0.25) is 9.59 Å². The summed E-state index contributed by atoms with van der Waals surface area (Å²) in [7, 11) is 0. The lowest BCUT2D eigenvalue weighted by atomic mass is 9.84. The van der Waals surface area contributed by atoms with E-state index in [4.69, 9.17) is 23.2 Å². The van der Waals surface area contributed by atoms with Crippen molar-refractivity contribution in [3.05, 3.63) is 28.0 Å². The third-order valence-corrected chi connectivity index (χ3v) is 3.82. The molecule has 1 heterocycles. The van der Waals surface area contributed by atoms with Crippen molar-refractivity contribution < 1.29 is 14.0 Å². The zero-order valence-corrected chi connectivity index (χ0v) is 13.3. The Morgan fingerprint density at radius 3 is 2.24 bits per heavy atom. The highest BCUT2D eigenvalue weighted by Crippen LogP contribution is 2.32. The minimum absolute atomic E-state index is 0.149. The molecule has 1 aliphatic rings. The van der Waals surface area contributed by atoms with E-state index < -0.39 is 17.3 Å². The van der Waals surface area contributed by atoms with Gasteiger partial charge in [-0.15, -0.1) is 0 Å². The second-order valence-electron chi connectivity index (χ2n) is 6.01. The number of nitrogens with zero attached hydrogens (tertiary/aromatic N) is 1. The van der Waals surface area contributed by atoms with E-state index in [1.165, 1.54) is 17.0 Å². The monoisotopic (exact) mass is 332 g/mol. The van der Waals surface area contributed by atoms with Gasteiger partial charge in [-0.1, -0.05) is 44.0 Å². The largest absolute Gasteiger partial charge is 0.342 e. The molecule has 2 amide bonds. The van der Waals surface area contributed by atoms with Gasteiger partial charge < -0.3 is 10.2 Å². The number of rotatable bonds is 1. The van der Waals surface area contributed by atoms with Gasteiger partial charge in [0.15, 0.2) is 5.82 Å². The first-order valence-corrected chi connectivity index (χ1v) is 7.12. The maximum atomic E-state index is 13.5. The van der Waals surface area contributed by atoms with Crippen molar-refractivity contribution in [3.63, 3.8) is 0 Å². The lowest BCUT2D eigenvalue weighted by Gasteiger charge is -2.38. The van der Waals surface area contributed by atoms with Crippen LogP contribution in [0.4, 0.5) is 10.1 Å². The van der Waals surface area contributed by atoms with Crippen LogP contribution in [-0.4, -0.2) is 24.4 Å². The molecule has 0 spiro atoms. The normalized spacial score (nSPS) is 19.7. The Morgan fingerprint density at radius 2 is 1.76 bits per heavy atom. The van der Waals surface area contributed by atoms with Crippen LogP contribution in [-0.2, 0) is 9.59 Å². The molecule has 114 valence electrons. The number of carbonyl (C=O) groups is 2. The number of anilines is 1. The molecule has 0 aliphatic carbocycles. The minimum Gasteiger partial charge on any atom is -0.342 e. The van der Waals surface area contributed by atoms with Crippen LogP contribution in [0.2, 0.25) is 10.0 Å². The lowest BCUT2D eigenvalue weighted by Crippen LogP contribution is -2.62. The summed E-state index contributed by atoms with van der Waals surface area (Å²) in [5.74, 6) is -1.31. The number of amides is 2. The van der Waals surface area contributed by atoms with Crippen LogP contribution in [0.1, 0.15) is 20.8 Å². The third-order valence-electron chi connectivity index (χ3n) is 3.27. The first-order valence-electron chi connectivity index (χ1n) is 6.36. The molecule has 7 heteroatoms. The van der Waals surface area contributed by atoms with Gasteiger partial charge in [0.25, 0.3) is 5.91 Å². The Bertz CT molecular complexity index is 590. The van der Waals surface area contributed by atoms with Crippen molar-refractivity contribution in [1.29, 1.82) is 0 Å². The van der Waals surface area contributed by atoms with E-state index >= 15 is 0 Å². The van der Waals surface area contributed by atoms with Gasteiger partial charge in [0.05, 0.1) is 10.0 Å². The molecule has 4 nitrogen and oxygen atoms in total. The zero-order chi connectivity index (χ0) is 15.9. The van der Waals surface area contributed by atoms with Crippen LogP contribution in [0, 0.1) is 11.2 Å². The van der Waals surface area contributed by atoms with Crippen LogP contribution < -0.4 is 10.2 Å². The van der Waals surface area contributed by atoms with Gasteiger partial charge in [-0.25, -0.2) is 4.39 Å². The summed E-state index contributed by atoms with van der Waals surface area (Å²) in [6.07, 6.45) is 0. The number of hydrogen-bond donors (Lipinski definition) is 1. The SMILES string of the molecule is CC(C)(C)C1NC(=O)CN(c2cc(Cl)c(F)c(Cl)c2)C1=O. The van der Waals surface area contributed by atoms with Crippen LogP contribution in [0.3, 0.4) is 0 Å². The first-order chi connectivity index (χ1) is 9.61. The molecule has 21 heavy (non-hydrogen) atoms. The Morgan fingerprint density at radius 1 is 1.24 bits per heavy atom. The molecule has 1 saturated heterocycles. The minimum atomic E-state index is -0.747. The highest BCUT2D eigenvalue weighted by molar-refractivity contribution is 6.35. The van der Waals surface area contributed by atoms with Gasteiger partial charge in [0, 0.05) is 5.69 Å². The van der Waals surface area contributed by atoms with Gasteiger partial charge >= 0.3 is 0 Å². The van der Waals surface area contributed by atoms with E-state index in [1.807, 2.05) is 20.8 Å². The highest BCUT2D eigenvalue weighted by atomic mass is 35.5. The molecule has 1 atom stereocenters. The van der Waals surface area contributed by atoms with Gasteiger partial charge in [-0.05, 0) is 17.5 Å². The molecule has 1 N–H and O–H groups in total. The lowest BCUT2D eigenvalue weighted by molar-refractivity contribution is -0.133. The Hall–Kier alpha value is -1.33. The summed E-state index contributed by atoms with van der Waals surface area (Å²) in [5.41, 5.74) is -0.139. The maximum absolute atomic E-state index is 13.5. The van der Waals surface area contributed by atoms with E-state index in [0.717, 1.165) is 0 Å². The highest BCUT2D eigenvalue weighted by Gasteiger charge is 2.40. The summed E-state index contributed by atoms with van der Waals surface area (Å²) in [5, 5.41) is 2.29. The van der Waals surface area contributed by atoms with E-state index in [2.05, 4.69) is 5.32 Å². The van der Waals surface area contributed by atoms with Crippen LogP contribution in [0.25, 0.3) is 0 Å².